The van der Waals surface area contributed by atoms with Crippen molar-refractivity contribution in [2.75, 3.05) is 12.0 Å². The van der Waals surface area contributed by atoms with Gasteiger partial charge in [0.2, 0.25) is 0 Å². The van der Waals surface area contributed by atoms with Crippen molar-refractivity contribution in [3.8, 4) is 11.3 Å². The van der Waals surface area contributed by atoms with Crippen molar-refractivity contribution in [1.82, 2.24) is 9.78 Å². The van der Waals surface area contributed by atoms with E-state index in [4.69, 9.17) is 0 Å². The van der Waals surface area contributed by atoms with Crippen LogP contribution in [-0.4, -0.2) is 36.5 Å². The summed E-state index contributed by atoms with van der Waals surface area (Å²) in [5.74, 6) is -2.18. The maximum absolute atomic E-state index is 13.2. The standard InChI is InChI=1S/C13H12F2N2O3S/c1-21(19,20)5-4-17-7-10(8-18)13(16-17)9-2-3-11(14)12(15)6-9/h2-3,6-8H,4-5H2,1H3. The van der Waals surface area contributed by atoms with Crippen LogP contribution >= 0.6 is 0 Å². The fourth-order valence-electron chi connectivity index (χ4n) is 1.76. The largest absolute Gasteiger partial charge is 0.298 e. The Morgan fingerprint density at radius 3 is 2.57 bits per heavy atom. The van der Waals surface area contributed by atoms with Gasteiger partial charge in [-0.3, -0.25) is 9.48 Å². The molecule has 5 nitrogen and oxygen atoms in total. The van der Waals surface area contributed by atoms with E-state index in [1.54, 1.807) is 0 Å². The number of hydrogen-bond acceptors (Lipinski definition) is 4. The van der Waals surface area contributed by atoms with Crippen molar-refractivity contribution < 1.29 is 22.0 Å². The highest BCUT2D eigenvalue weighted by atomic mass is 32.2. The molecular formula is C13H12F2N2O3S. The Hall–Kier alpha value is -2.09. The lowest BCUT2D eigenvalue weighted by atomic mass is 10.1. The molecule has 2 aromatic rings. The average molecular weight is 314 g/mol. The van der Waals surface area contributed by atoms with Gasteiger partial charge in [0.1, 0.15) is 15.5 Å². The molecule has 0 atom stereocenters. The lowest BCUT2D eigenvalue weighted by Gasteiger charge is -2.01. The average Bonchev–Trinajstić information content (AvgIpc) is 2.82. The summed E-state index contributed by atoms with van der Waals surface area (Å²) in [7, 11) is -3.17. The van der Waals surface area contributed by atoms with E-state index in [0.717, 1.165) is 18.4 Å². The minimum Gasteiger partial charge on any atom is -0.298 e. The number of sulfone groups is 1. The Morgan fingerprint density at radius 2 is 2.00 bits per heavy atom. The molecule has 0 aliphatic rings. The van der Waals surface area contributed by atoms with Gasteiger partial charge in [-0.1, -0.05) is 0 Å². The van der Waals surface area contributed by atoms with Crippen LogP contribution in [0.2, 0.25) is 0 Å². The van der Waals surface area contributed by atoms with Crippen molar-refractivity contribution in [3.63, 3.8) is 0 Å². The summed E-state index contributed by atoms with van der Waals surface area (Å²) in [4.78, 5) is 11.0. The molecule has 0 bridgehead atoms. The number of carbonyl (C=O) groups excluding carboxylic acids is 1. The Balaban J connectivity index is 2.37. The molecule has 0 aliphatic carbocycles. The smallest absolute Gasteiger partial charge is 0.159 e. The first-order valence-electron chi connectivity index (χ1n) is 5.96. The predicted molar refractivity (Wildman–Crippen MR) is 72.7 cm³/mol. The van der Waals surface area contributed by atoms with Crippen LogP contribution in [0.5, 0.6) is 0 Å². The topological polar surface area (TPSA) is 69.0 Å². The van der Waals surface area contributed by atoms with E-state index in [-0.39, 0.29) is 29.1 Å². The maximum Gasteiger partial charge on any atom is 0.159 e. The van der Waals surface area contributed by atoms with Crippen molar-refractivity contribution in [1.29, 1.82) is 0 Å². The van der Waals surface area contributed by atoms with Gasteiger partial charge in [-0.15, -0.1) is 0 Å². The maximum atomic E-state index is 13.2. The van der Waals surface area contributed by atoms with Gasteiger partial charge in [-0.2, -0.15) is 5.10 Å². The molecule has 0 fully saturated rings. The van der Waals surface area contributed by atoms with Gasteiger partial charge in [0.25, 0.3) is 0 Å². The minimum absolute atomic E-state index is 0.0728. The van der Waals surface area contributed by atoms with E-state index in [2.05, 4.69) is 5.10 Å². The summed E-state index contributed by atoms with van der Waals surface area (Å²) in [6, 6.07) is 3.18. The number of benzene rings is 1. The molecule has 0 saturated carbocycles. The fourth-order valence-corrected chi connectivity index (χ4v) is 2.28. The lowest BCUT2D eigenvalue weighted by Crippen LogP contribution is -2.11. The van der Waals surface area contributed by atoms with Gasteiger partial charge in [0.15, 0.2) is 17.9 Å². The molecule has 8 heteroatoms. The second-order valence-electron chi connectivity index (χ2n) is 4.57. The van der Waals surface area contributed by atoms with Crippen LogP contribution < -0.4 is 0 Å². The SMILES string of the molecule is CS(=O)(=O)CCn1cc(C=O)c(-c2ccc(F)c(F)c2)n1. The molecule has 0 amide bonds. The van der Waals surface area contributed by atoms with Crippen LogP contribution in [0.15, 0.2) is 24.4 Å². The molecule has 112 valence electrons. The van der Waals surface area contributed by atoms with Crippen molar-refractivity contribution in [2.45, 2.75) is 6.54 Å². The number of aryl methyl sites for hydroxylation is 1. The highest BCUT2D eigenvalue weighted by molar-refractivity contribution is 7.90. The van der Waals surface area contributed by atoms with Crippen molar-refractivity contribution in [2.24, 2.45) is 0 Å². The molecule has 0 saturated heterocycles. The van der Waals surface area contributed by atoms with Gasteiger partial charge in [0.05, 0.1) is 17.9 Å². The molecule has 1 aromatic heterocycles. The van der Waals surface area contributed by atoms with Crippen molar-refractivity contribution in [3.05, 3.63) is 41.6 Å². The number of aldehydes is 1. The number of nitrogens with zero attached hydrogens (tertiary/aromatic N) is 2. The van der Waals surface area contributed by atoms with E-state index in [0.29, 0.717) is 6.29 Å². The van der Waals surface area contributed by atoms with E-state index >= 15 is 0 Å². The van der Waals surface area contributed by atoms with Crippen LogP contribution in [0.3, 0.4) is 0 Å². The number of hydrogen-bond donors (Lipinski definition) is 0. The molecule has 0 unspecified atom stereocenters. The normalized spacial score (nSPS) is 11.6. The lowest BCUT2D eigenvalue weighted by molar-refractivity contribution is 0.112. The summed E-state index contributed by atoms with van der Waals surface area (Å²) in [6.07, 6.45) is 2.99. The monoisotopic (exact) mass is 314 g/mol. The highest BCUT2D eigenvalue weighted by Crippen LogP contribution is 2.23. The number of aromatic nitrogens is 2. The Bertz CT molecular complexity index is 785. The zero-order valence-corrected chi connectivity index (χ0v) is 11.9. The molecule has 0 N–H and O–H groups in total. The van der Waals surface area contributed by atoms with Crippen LogP contribution in [0, 0.1) is 11.6 Å². The van der Waals surface area contributed by atoms with E-state index in [1.165, 1.54) is 16.9 Å². The molecule has 1 aromatic carbocycles. The molecule has 2 rings (SSSR count). The van der Waals surface area contributed by atoms with E-state index < -0.39 is 21.5 Å². The first-order chi connectivity index (χ1) is 9.80. The number of rotatable bonds is 5. The fraction of sp³-hybridized carbons (Fsp3) is 0.231. The van der Waals surface area contributed by atoms with Gasteiger partial charge in [-0.25, -0.2) is 17.2 Å². The van der Waals surface area contributed by atoms with Crippen LogP contribution in [0.4, 0.5) is 8.78 Å². The Kier molecular flexibility index (Phi) is 4.17. The van der Waals surface area contributed by atoms with Gasteiger partial charge < -0.3 is 0 Å². The molecule has 21 heavy (non-hydrogen) atoms. The summed E-state index contributed by atoms with van der Waals surface area (Å²) in [6.45, 7) is 0.0728. The molecule has 1 heterocycles. The second kappa shape index (κ2) is 5.72. The van der Waals surface area contributed by atoms with E-state index in [9.17, 15) is 22.0 Å². The molecular weight excluding hydrogens is 302 g/mol. The Labute approximate surface area is 120 Å². The minimum atomic E-state index is -3.17. The van der Waals surface area contributed by atoms with Crippen LogP contribution in [0.25, 0.3) is 11.3 Å². The van der Waals surface area contributed by atoms with Crippen LogP contribution in [-0.2, 0) is 16.4 Å². The zero-order valence-electron chi connectivity index (χ0n) is 11.1. The van der Waals surface area contributed by atoms with Crippen molar-refractivity contribution >= 4 is 16.1 Å². The molecule has 0 spiro atoms. The third-order valence-electron chi connectivity index (χ3n) is 2.80. The quantitative estimate of drug-likeness (QED) is 0.788. The highest BCUT2D eigenvalue weighted by Gasteiger charge is 2.14. The molecule has 0 radical (unpaired) electrons. The number of carbonyl (C=O) groups is 1. The first-order valence-corrected chi connectivity index (χ1v) is 8.02. The third-order valence-corrected chi connectivity index (χ3v) is 3.73. The third kappa shape index (κ3) is 3.72. The molecule has 0 aliphatic heterocycles. The van der Waals surface area contributed by atoms with Gasteiger partial charge in [0, 0.05) is 18.0 Å². The Morgan fingerprint density at radius 1 is 1.29 bits per heavy atom. The first kappa shape index (κ1) is 15.3. The van der Waals surface area contributed by atoms with E-state index in [1.807, 2.05) is 0 Å². The predicted octanol–water partition coefficient (Wildman–Crippen LogP) is 1.69. The van der Waals surface area contributed by atoms with Gasteiger partial charge in [-0.05, 0) is 18.2 Å². The summed E-state index contributed by atoms with van der Waals surface area (Å²) < 4.78 is 49.7. The summed E-state index contributed by atoms with van der Waals surface area (Å²) in [5.41, 5.74) is 0.598. The zero-order chi connectivity index (χ0) is 15.6. The second-order valence-corrected chi connectivity index (χ2v) is 6.83. The van der Waals surface area contributed by atoms with Crippen LogP contribution in [0.1, 0.15) is 10.4 Å². The summed E-state index contributed by atoms with van der Waals surface area (Å²) in [5, 5.41) is 4.06. The van der Waals surface area contributed by atoms with Gasteiger partial charge >= 0.3 is 0 Å². The summed E-state index contributed by atoms with van der Waals surface area (Å²) >= 11 is 0. The number of halogens is 2.